The van der Waals surface area contributed by atoms with E-state index in [0.717, 1.165) is 12.0 Å². The summed E-state index contributed by atoms with van der Waals surface area (Å²) < 4.78 is 7.07. The van der Waals surface area contributed by atoms with Gasteiger partial charge in [0.05, 0.1) is 25.4 Å². The first-order valence-electron chi connectivity index (χ1n) is 8.64. The Bertz CT molecular complexity index is 738. The number of amides is 2. The fourth-order valence-electron chi connectivity index (χ4n) is 2.18. The van der Waals surface area contributed by atoms with Crippen LogP contribution >= 0.6 is 11.8 Å². The van der Waals surface area contributed by atoms with E-state index in [2.05, 4.69) is 25.8 Å². The van der Waals surface area contributed by atoms with E-state index in [4.69, 9.17) is 4.74 Å². The third-order valence-corrected chi connectivity index (χ3v) is 4.49. The number of nitrogens with zero attached hydrogens (tertiary/aromatic N) is 4. The number of hydrogen-bond donors (Lipinski definition) is 2. The van der Waals surface area contributed by atoms with Gasteiger partial charge in [0.15, 0.2) is 11.0 Å². The minimum absolute atomic E-state index is 0.0297. The van der Waals surface area contributed by atoms with Crippen molar-refractivity contribution in [2.45, 2.75) is 25.0 Å². The molecule has 0 saturated carbocycles. The number of carbonyl (C=O) groups is 2. The van der Waals surface area contributed by atoms with Crippen LogP contribution in [0.4, 0.5) is 0 Å². The fourth-order valence-corrected chi connectivity index (χ4v) is 2.98. The lowest BCUT2D eigenvalue weighted by Crippen LogP contribution is -2.37. The van der Waals surface area contributed by atoms with Crippen molar-refractivity contribution in [3.05, 3.63) is 24.5 Å². The van der Waals surface area contributed by atoms with Crippen molar-refractivity contribution in [3.8, 4) is 11.4 Å². The van der Waals surface area contributed by atoms with Gasteiger partial charge in [-0.05, 0) is 18.6 Å². The van der Waals surface area contributed by atoms with Crippen LogP contribution in [-0.4, -0.2) is 64.1 Å². The Labute approximate surface area is 162 Å². The van der Waals surface area contributed by atoms with Crippen molar-refractivity contribution in [2.24, 2.45) is 0 Å². The molecule has 0 aromatic carbocycles. The highest BCUT2D eigenvalue weighted by molar-refractivity contribution is 7.99. The molecule has 10 heteroatoms. The third-order valence-electron chi connectivity index (χ3n) is 3.53. The molecule has 2 N–H and O–H groups in total. The summed E-state index contributed by atoms with van der Waals surface area (Å²) in [5.74, 6) is 0.399. The normalized spacial score (nSPS) is 10.6. The number of thioether (sulfide) groups is 1. The second-order valence-electron chi connectivity index (χ2n) is 5.60. The lowest BCUT2D eigenvalue weighted by atomic mass is 10.2. The van der Waals surface area contributed by atoms with Gasteiger partial charge in [0.2, 0.25) is 11.8 Å². The van der Waals surface area contributed by atoms with Gasteiger partial charge < -0.3 is 15.4 Å². The molecular formula is C17H24N6O3S. The van der Waals surface area contributed by atoms with E-state index in [1.165, 1.54) is 11.8 Å². The summed E-state index contributed by atoms with van der Waals surface area (Å²) in [6.07, 6.45) is 4.23. The quantitative estimate of drug-likeness (QED) is 0.542. The number of hydrogen-bond acceptors (Lipinski definition) is 7. The summed E-state index contributed by atoms with van der Waals surface area (Å²) in [7, 11) is 1.63. The zero-order valence-electron chi connectivity index (χ0n) is 15.5. The van der Waals surface area contributed by atoms with Crippen LogP contribution in [0, 0.1) is 0 Å². The van der Waals surface area contributed by atoms with Crippen LogP contribution in [0.3, 0.4) is 0 Å². The summed E-state index contributed by atoms with van der Waals surface area (Å²) in [6, 6.07) is 3.70. The number of aromatic nitrogens is 4. The summed E-state index contributed by atoms with van der Waals surface area (Å²) >= 11 is 1.27. The Morgan fingerprint density at radius 1 is 1.19 bits per heavy atom. The topological polar surface area (TPSA) is 111 Å². The van der Waals surface area contributed by atoms with Crippen LogP contribution in [0.15, 0.2) is 29.7 Å². The number of pyridine rings is 1. The first kappa shape index (κ1) is 20.8. The van der Waals surface area contributed by atoms with E-state index < -0.39 is 0 Å². The lowest BCUT2D eigenvalue weighted by Gasteiger charge is -2.10. The lowest BCUT2D eigenvalue weighted by molar-refractivity contribution is -0.124. The maximum Gasteiger partial charge on any atom is 0.239 e. The van der Waals surface area contributed by atoms with Crippen molar-refractivity contribution >= 4 is 23.6 Å². The highest BCUT2D eigenvalue weighted by Crippen LogP contribution is 2.23. The average Bonchev–Trinajstić information content (AvgIpc) is 3.10. The van der Waals surface area contributed by atoms with Gasteiger partial charge in [0.1, 0.15) is 0 Å². The second-order valence-corrected chi connectivity index (χ2v) is 6.54. The molecule has 2 heterocycles. The Balaban J connectivity index is 1.96. The Morgan fingerprint density at radius 3 is 2.67 bits per heavy atom. The van der Waals surface area contributed by atoms with Crippen molar-refractivity contribution < 1.29 is 14.3 Å². The molecule has 0 spiro atoms. The Morgan fingerprint density at radius 2 is 1.96 bits per heavy atom. The van der Waals surface area contributed by atoms with E-state index in [1.807, 2.05) is 23.6 Å². The molecule has 0 bridgehead atoms. The van der Waals surface area contributed by atoms with Crippen LogP contribution in [0.5, 0.6) is 0 Å². The van der Waals surface area contributed by atoms with Gasteiger partial charge in [-0.25, -0.2) is 0 Å². The largest absolute Gasteiger partial charge is 0.383 e. The summed E-state index contributed by atoms with van der Waals surface area (Å²) in [5.41, 5.74) is 0.887. The van der Waals surface area contributed by atoms with Crippen molar-refractivity contribution in [1.29, 1.82) is 0 Å². The molecule has 2 rings (SSSR count). The molecule has 2 amide bonds. The highest BCUT2D eigenvalue weighted by Gasteiger charge is 2.15. The van der Waals surface area contributed by atoms with Gasteiger partial charge in [-0.3, -0.25) is 19.1 Å². The van der Waals surface area contributed by atoms with Crippen LogP contribution in [-0.2, 0) is 20.9 Å². The highest BCUT2D eigenvalue weighted by atomic mass is 32.2. The van der Waals surface area contributed by atoms with Crippen LogP contribution in [0.1, 0.15) is 13.3 Å². The molecule has 0 radical (unpaired) electrons. The van der Waals surface area contributed by atoms with Gasteiger partial charge in [-0.2, -0.15) is 0 Å². The molecule has 0 unspecified atom stereocenters. The van der Waals surface area contributed by atoms with E-state index in [0.29, 0.717) is 30.7 Å². The maximum atomic E-state index is 12.0. The van der Waals surface area contributed by atoms with Gasteiger partial charge in [-0.1, -0.05) is 18.7 Å². The number of carbonyl (C=O) groups excluding carboxylic acids is 2. The molecule has 0 fully saturated rings. The van der Waals surface area contributed by atoms with Gasteiger partial charge in [0.25, 0.3) is 0 Å². The van der Waals surface area contributed by atoms with Crippen LogP contribution in [0.25, 0.3) is 11.4 Å². The third kappa shape index (κ3) is 6.65. The number of ether oxygens (including phenoxy) is 1. The summed E-state index contributed by atoms with van der Waals surface area (Å²) in [6.45, 7) is 3.59. The molecule has 9 nitrogen and oxygen atoms in total. The van der Waals surface area contributed by atoms with Gasteiger partial charge in [-0.15, -0.1) is 10.2 Å². The molecule has 0 aliphatic carbocycles. The maximum absolute atomic E-state index is 12.0. The van der Waals surface area contributed by atoms with Crippen LogP contribution in [0.2, 0.25) is 0 Å². The molecule has 0 saturated heterocycles. The first-order chi connectivity index (χ1) is 13.2. The Hall–Kier alpha value is -2.46. The molecule has 0 aliphatic rings. The van der Waals surface area contributed by atoms with E-state index in [9.17, 15) is 9.59 Å². The first-order valence-corrected chi connectivity index (χ1v) is 9.63. The van der Waals surface area contributed by atoms with Crippen molar-refractivity contribution in [2.75, 3.05) is 32.6 Å². The molecule has 27 heavy (non-hydrogen) atoms. The zero-order valence-corrected chi connectivity index (χ0v) is 16.3. The Kier molecular flexibility index (Phi) is 8.72. The zero-order chi connectivity index (χ0) is 19.5. The summed E-state index contributed by atoms with van der Waals surface area (Å²) in [4.78, 5) is 27.5. The smallest absolute Gasteiger partial charge is 0.239 e. The minimum atomic E-state index is -0.238. The number of nitrogens with one attached hydrogen (secondary N) is 2. The van der Waals surface area contributed by atoms with Crippen molar-refractivity contribution in [3.63, 3.8) is 0 Å². The molecule has 0 atom stereocenters. The minimum Gasteiger partial charge on any atom is -0.383 e. The second kappa shape index (κ2) is 11.3. The molecule has 2 aromatic rings. The fraction of sp³-hybridized carbons (Fsp3) is 0.471. The standard InChI is InChI=1S/C17H24N6O3S/c1-3-6-19-14(24)11-20-15(25)12-27-17-22-21-16(23(17)9-10-26-2)13-4-7-18-8-5-13/h4-5,7-8H,3,6,9-12H2,1-2H3,(H,19,24)(H,20,25). The van der Waals surface area contributed by atoms with E-state index in [1.54, 1.807) is 19.5 Å². The number of rotatable bonds is 11. The number of methoxy groups -OCH3 is 1. The predicted molar refractivity (Wildman–Crippen MR) is 102 cm³/mol. The van der Waals surface area contributed by atoms with Crippen LogP contribution < -0.4 is 10.6 Å². The van der Waals surface area contributed by atoms with E-state index in [-0.39, 0.29) is 24.1 Å². The van der Waals surface area contributed by atoms with E-state index >= 15 is 0 Å². The molecular weight excluding hydrogens is 368 g/mol. The van der Waals surface area contributed by atoms with Crippen molar-refractivity contribution in [1.82, 2.24) is 30.4 Å². The van der Waals surface area contributed by atoms with Gasteiger partial charge in [0, 0.05) is 31.6 Å². The van der Waals surface area contributed by atoms with Gasteiger partial charge >= 0.3 is 0 Å². The molecule has 0 aliphatic heterocycles. The molecule has 2 aromatic heterocycles. The SMILES string of the molecule is CCCNC(=O)CNC(=O)CSc1nnc(-c2ccncc2)n1CCOC. The monoisotopic (exact) mass is 392 g/mol. The average molecular weight is 392 g/mol. The molecule has 146 valence electrons. The predicted octanol–water partition coefficient (Wildman–Crippen LogP) is 0.721. The summed E-state index contributed by atoms with van der Waals surface area (Å²) in [5, 5.41) is 14.4.